The van der Waals surface area contributed by atoms with Crippen LogP contribution in [0, 0.1) is 0 Å². The highest BCUT2D eigenvalue weighted by molar-refractivity contribution is 5.72. The number of esters is 1. The molecule has 0 radical (unpaired) electrons. The molecule has 0 saturated carbocycles. The van der Waals surface area contributed by atoms with Crippen LogP contribution in [0.15, 0.2) is 0 Å². The van der Waals surface area contributed by atoms with Gasteiger partial charge in [-0.25, -0.2) is 0 Å². The van der Waals surface area contributed by atoms with Crippen LogP contribution < -0.4 is 5.32 Å². The molecule has 1 N–H and O–H groups in total. The summed E-state index contributed by atoms with van der Waals surface area (Å²) in [5.74, 6) is -0.447. The Balaban J connectivity index is -0.000000266. The number of rotatable bonds is 3. The van der Waals surface area contributed by atoms with Crippen LogP contribution in [0.5, 0.6) is 0 Å². The normalized spacial score (nSPS) is 7.00. The second kappa shape index (κ2) is 17.9. The van der Waals surface area contributed by atoms with Gasteiger partial charge >= 0.3 is 5.97 Å². The Labute approximate surface area is 87.0 Å². The topological polar surface area (TPSA) is 55.4 Å². The zero-order chi connectivity index (χ0) is 12.0. The van der Waals surface area contributed by atoms with Gasteiger partial charge in [0.1, 0.15) is 6.61 Å². The summed E-state index contributed by atoms with van der Waals surface area (Å²) in [5.41, 5.74) is 0. The Morgan fingerprint density at radius 2 is 1.50 bits per heavy atom. The van der Waals surface area contributed by atoms with Crippen LogP contribution in [0.2, 0.25) is 0 Å². The first kappa shape index (κ1) is 18.7. The fraction of sp³-hybridized carbons (Fsp3) is 0.800. The summed E-state index contributed by atoms with van der Waals surface area (Å²) >= 11 is 0. The average molecular weight is 205 g/mol. The molecule has 0 heterocycles. The summed E-state index contributed by atoms with van der Waals surface area (Å²) in [6, 6.07) is 0. The lowest BCUT2D eigenvalue weighted by Gasteiger charge is -2.00. The largest absolute Gasteiger partial charge is 0.464 e. The van der Waals surface area contributed by atoms with E-state index >= 15 is 0 Å². The Hall–Kier alpha value is -1.06. The lowest BCUT2D eigenvalue weighted by molar-refractivity contribution is -0.141. The maximum atomic E-state index is 10.2. The van der Waals surface area contributed by atoms with Gasteiger partial charge < -0.3 is 10.1 Å². The summed E-state index contributed by atoms with van der Waals surface area (Å²) in [4.78, 5) is 20.4. The van der Waals surface area contributed by atoms with E-state index in [9.17, 15) is 9.59 Å². The minimum Gasteiger partial charge on any atom is -0.464 e. The molecular formula is C10H23NO3. The molecule has 0 saturated heterocycles. The third-order valence-electron chi connectivity index (χ3n) is 0.781. The standard InChI is InChI=1S/C6H11NO3.2C2H6/c1-5(8)7-3-4-10-6(2)9;2*1-2/h3-4H2,1-2H3,(H,7,8);2*1-2H3. The molecule has 0 aliphatic rings. The predicted octanol–water partition coefficient (Wildman–Crippen LogP) is 1.74. The van der Waals surface area contributed by atoms with E-state index in [-0.39, 0.29) is 18.5 Å². The molecule has 0 unspecified atom stereocenters. The first-order valence-corrected chi connectivity index (χ1v) is 5.00. The molecule has 0 aromatic heterocycles. The third-order valence-corrected chi connectivity index (χ3v) is 0.781. The quantitative estimate of drug-likeness (QED) is 0.564. The van der Waals surface area contributed by atoms with Crippen LogP contribution in [0.3, 0.4) is 0 Å². The number of nitrogens with one attached hydrogen (secondary N) is 1. The maximum absolute atomic E-state index is 10.2. The highest BCUT2D eigenvalue weighted by atomic mass is 16.5. The van der Waals surface area contributed by atoms with Crippen LogP contribution >= 0.6 is 0 Å². The van der Waals surface area contributed by atoms with E-state index in [1.165, 1.54) is 13.8 Å². The van der Waals surface area contributed by atoms with Gasteiger partial charge in [0.25, 0.3) is 0 Å². The Morgan fingerprint density at radius 1 is 1.07 bits per heavy atom. The molecule has 0 aliphatic heterocycles. The molecule has 0 aliphatic carbocycles. The van der Waals surface area contributed by atoms with Crippen LogP contribution in [0.4, 0.5) is 0 Å². The van der Waals surface area contributed by atoms with Crippen LogP contribution in [0.25, 0.3) is 0 Å². The molecular weight excluding hydrogens is 182 g/mol. The Morgan fingerprint density at radius 3 is 1.79 bits per heavy atom. The second-order valence-corrected chi connectivity index (χ2v) is 1.82. The van der Waals surface area contributed by atoms with Crippen molar-refractivity contribution >= 4 is 11.9 Å². The molecule has 86 valence electrons. The number of ether oxygens (including phenoxy) is 1. The van der Waals surface area contributed by atoms with Crippen molar-refractivity contribution in [2.24, 2.45) is 0 Å². The van der Waals surface area contributed by atoms with Crippen molar-refractivity contribution in [3.05, 3.63) is 0 Å². The van der Waals surface area contributed by atoms with Gasteiger partial charge in [0.05, 0.1) is 6.54 Å². The van der Waals surface area contributed by atoms with E-state index in [4.69, 9.17) is 0 Å². The van der Waals surface area contributed by atoms with E-state index in [1.54, 1.807) is 0 Å². The van der Waals surface area contributed by atoms with E-state index in [0.29, 0.717) is 6.54 Å². The Kier molecular flexibility index (Phi) is 23.8. The minimum atomic E-state index is -0.328. The summed E-state index contributed by atoms with van der Waals surface area (Å²) in [5, 5.41) is 2.48. The fourth-order valence-corrected chi connectivity index (χ4v) is 0.422. The Bertz CT molecular complexity index is 119. The van der Waals surface area contributed by atoms with Gasteiger partial charge in [0.2, 0.25) is 5.91 Å². The number of hydrogen-bond acceptors (Lipinski definition) is 3. The zero-order valence-corrected chi connectivity index (χ0v) is 10.1. The van der Waals surface area contributed by atoms with Crippen LogP contribution in [-0.2, 0) is 14.3 Å². The van der Waals surface area contributed by atoms with E-state index < -0.39 is 0 Å². The monoisotopic (exact) mass is 205 g/mol. The van der Waals surface area contributed by atoms with Crippen molar-refractivity contribution in [3.63, 3.8) is 0 Å². The molecule has 0 bridgehead atoms. The van der Waals surface area contributed by atoms with Gasteiger partial charge in [-0.1, -0.05) is 27.7 Å². The molecule has 4 nitrogen and oxygen atoms in total. The summed E-state index contributed by atoms with van der Waals surface area (Å²) < 4.78 is 4.54. The minimum absolute atomic E-state index is 0.118. The molecule has 0 spiro atoms. The molecule has 0 atom stereocenters. The summed E-state index contributed by atoms with van der Waals surface area (Å²) in [6.45, 7) is 11.4. The first-order valence-electron chi connectivity index (χ1n) is 5.00. The van der Waals surface area contributed by atoms with E-state index in [1.807, 2.05) is 27.7 Å². The van der Waals surface area contributed by atoms with Gasteiger partial charge in [-0.15, -0.1) is 0 Å². The smallest absolute Gasteiger partial charge is 0.302 e. The lowest BCUT2D eigenvalue weighted by Crippen LogP contribution is -2.24. The molecule has 0 fully saturated rings. The van der Waals surface area contributed by atoms with Gasteiger partial charge in [-0.3, -0.25) is 9.59 Å². The maximum Gasteiger partial charge on any atom is 0.302 e. The molecule has 14 heavy (non-hydrogen) atoms. The number of amides is 1. The van der Waals surface area contributed by atoms with Crippen molar-refractivity contribution in [2.75, 3.05) is 13.2 Å². The van der Waals surface area contributed by atoms with Crippen molar-refractivity contribution in [3.8, 4) is 0 Å². The van der Waals surface area contributed by atoms with Crippen LogP contribution in [-0.4, -0.2) is 25.0 Å². The van der Waals surface area contributed by atoms with Gasteiger partial charge in [0, 0.05) is 13.8 Å². The van der Waals surface area contributed by atoms with Gasteiger partial charge in [-0.2, -0.15) is 0 Å². The molecule has 0 aromatic carbocycles. The highest BCUT2D eigenvalue weighted by Crippen LogP contribution is 1.73. The second-order valence-electron chi connectivity index (χ2n) is 1.82. The highest BCUT2D eigenvalue weighted by Gasteiger charge is 1.92. The average Bonchev–Trinajstić information content (AvgIpc) is 2.18. The number of carbonyl (C=O) groups is 2. The number of hydrogen-bond donors (Lipinski definition) is 1. The number of carbonyl (C=O) groups excluding carboxylic acids is 2. The predicted molar refractivity (Wildman–Crippen MR) is 58.0 cm³/mol. The molecule has 1 amide bonds. The summed E-state index contributed by atoms with van der Waals surface area (Å²) in [6.07, 6.45) is 0. The SMILES string of the molecule is CC.CC.CC(=O)NCCOC(C)=O. The van der Waals surface area contributed by atoms with Crippen molar-refractivity contribution in [1.82, 2.24) is 5.32 Å². The van der Waals surface area contributed by atoms with E-state index in [0.717, 1.165) is 0 Å². The third kappa shape index (κ3) is 30.6. The molecule has 4 heteroatoms. The van der Waals surface area contributed by atoms with Gasteiger partial charge in [0.15, 0.2) is 0 Å². The zero-order valence-electron chi connectivity index (χ0n) is 10.1. The molecule has 0 rings (SSSR count). The summed E-state index contributed by atoms with van der Waals surface area (Å²) in [7, 11) is 0. The fourth-order valence-electron chi connectivity index (χ4n) is 0.422. The van der Waals surface area contributed by atoms with Crippen molar-refractivity contribution in [2.45, 2.75) is 41.5 Å². The van der Waals surface area contributed by atoms with E-state index in [2.05, 4.69) is 10.1 Å². The lowest BCUT2D eigenvalue weighted by atomic mass is 10.6. The van der Waals surface area contributed by atoms with Crippen molar-refractivity contribution < 1.29 is 14.3 Å². The van der Waals surface area contributed by atoms with Crippen molar-refractivity contribution in [1.29, 1.82) is 0 Å². The van der Waals surface area contributed by atoms with Gasteiger partial charge in [-0.05, 0) is 0 Å². The molecule has 0 aromatic rings. The van der Waals surface area contributed by atoms with Crippen LogP contribution in [0.1, 0.15) is 41.5 Å². The first-order chi connectivity index (χ1) is 6.63.